The number of carbonyl (C=O) groups is 1. The normalized spacial score (nSPS) is 14.6. The van der Waals surface area contributed by atoms with Crippen molar-refractivity contribution in [3.63, 3.8) is 0 Å². The maximum atomic E-state index is 12.5. The molecule has 0 bridgehead atoms. The first-order valence-electron chi connectivity index (χ1n) is 5.85. The van der Waals surface area contributed by atoms with Crippen molar-refractivity contribution in [3.8, 4) is 11.3 Å². The van der Waals surface area contributed by atoms with E-state index in [-0.39, 0.29) is 11.3 Å². The molecule has 2 aliphatic rings. The minimum atomic E-state index is -0.439. The monoisotopic (exact) mass is 361 g/mol. The van der Waals surface area contributed by atoms with Gasteiger partial charge in [-0.25, -0.2) is 0 Å². The highest BCUT2D eigenvalue weighted by Crippen LogP contribution is 2.32. The van der Waals surface area contributed by atoms with E-state index in [4.69, 9.17) is 0 Å². The summed E-state index contributed by atoms with van der Waals surface area (Å²) in [6.45, 7) is 0. The summed E-state index contributed by atoms with van der Waals surface area (Å²) in [5.74, 6) is 0.0219. The van der Waals surface area contributed by atoms with Gasteiger partial charge >= 0.3 is 0 Å². The number of rotatable bonds is 0. The van der Waals surface area contributed by atoms with Crippen molar-refractivity contribution in [1.82, 2.24) is 4.98 Å². The average Bonchev–Trinajstić information content (AvgIpc) is 2.73. The molecule has 0 saturated heterocycles. The number of hydrogen-bond donors (Lipinski definition) is 1. The molecule has 0 unspecified atom stereocenters. The van der Waals surface area contributed by atoms with E-state index in [0.717, 1.165) is 13.9 Å². The number of carbonyl (C=O) groups excluding carboxylic acids is 1. The Hall–Kier alpha value is -1.82. The third-order valence-electron chi connectivity index (χ3n) is 3.37. The highest BCUT2D eigenvalue weighted by Gasteiger charge is 2.29. The number of allylic oxidation sites excluding steroid dienone is 1. The molecule has 1 N–H and O–H groups in total. The molecule has 0 fully saturated rings. The summed E-state index contributed by atoms with van der Waals surface area (Å²) < 4.78 is 2.83. The quantitative estimate of drug-likeness (QED) is 0.624. The van der Waals surface area contributed by atoms with Crippen LogP contribution < -0.4 is 10.8 Å². The van der Waals surface area contributed by atoms with Crippen LogP contribution in [0.2, 0.25) is 0 Å². The van der Waals surface area contributed by atoms with E-state index < -0.39 is 20.7 Å². The molecule has 92 valence electrons. The predicted octanol–water partition coefficient (Wildman–Crippen LogP) is 2.12. The fraction of sp³-hybridized carbons (Fsp3) is 0. The molecule has 19 heavy (non-hydrogen) atoms. The van der Waals surface area contributed by atoms with Gasteiger partial charge in [-0.05, 0) is 4.08 Å². The van der Waals surface area contributed by atoms with E-state index in [0.29, 0.717) is 16.8 Å². The molecule has 0 amide bonds. The van der Waals surface area contributed by atoms with Gasteiger partial charge in [0.25, 0.3) is 5.56 Å². The Kier molecular flexibility index (Phi) is 2.23. The Morgan fingerprint density at radius 3 is 2.68 bits per heavy atom. The molecule has 0 saturated carbocycles. The summed E-state index contributed by atoms with van der Waals surface area (Å²) in [6, 6.07) is 7.43. The van der Waals surface area contributed by atoms with E-state index in [1.807, 2.05) is 40.5 Å². The largest absolute Gasteiger partial charge is 0.320 e. The molecule has 1 aliphatic carbocycles. The third kappa shape index (κ3) is 1.40. The molecule has 4 heteroatoms. The van der Waals surface area contributed by atoms with Crippen LogP contribution in [-0.2, 0) is 0 Å². The lowest BCUT2D eigenvalue weighted by Crippen LogP contribution is -2.25. The van der Waals surface area contributed by atoms with Crippen LogP contribution in [-0.4, -0.2) is 10.8 Å². The van der Waals surface area contributed by atoms with E-state index in [9.17, 15) is 9.59 Å². The van der Waals surface area contributed by atoms with E-state index in [1.54, 1.807) is 0 Å². The number of aromatic amines is 1. The maximum Gasteiger partial charge on any atom is 0.262 e. The van der Waals surface area contributed by atoms with Crippen LogP contribution in [0.15, 0.2) is 39.2 Å². The fourth-order valence-electron chi connectivity index (χ4n) is 2.57. The van der Waals surface area contributed by atoms with Gasteiger partial charge in [-0.15, -0.1) is 0 Å². The lowest BCUT2D eigenvalue weighted by molar-refractivity contribution is 0.104. The average molecular weight is 361 g/mol. The first-order chi connectivity index (χ1) is 9.27. The number of hydrogen-bond acceptors (Lipinski definition) is 2. The second-order valence-corrected chi connectivity index (χ2v) is 6.82. The maximum absolute atomic E-state index is 12.5. The standard InChI is InChI=1S/C15H8INO2/c18-14-9-5-2-1-4-8(9)13-11(14)10-6-3-7-16-12(10)15(19)17-13/h1-7H,(H,17,19). The van der Waals surface area contributed by atoms with Crippen LogP contribution in [0.4, 0.5) is 0 Å². The van der Waals surface area contributed by atoms with Crippen LogP contribution in [0.1, 0.15) is 15.9 Å². The number of aromatic nitrogens is 1. The van der Waals surface area contributed by atoms with Crippen LogP contribution in [0.5, 0.6) is 0 Å². The molecular weight excluding hydrogens is 353 g/mol. The second-order valence-electron chi connectivity index (χ2n) is 4.40. The van der Waals surface area contributed by atoms with Crippen LogP contribution in [0.25, 0.3) is 17.3 Å². The van der Waals surface area contributed by atoms with Crippen LogP contribution in [0.3, 0.4) is 0 Å². The summed E-state index contributed by atoms with van der Waals surface area (Å²) in [5.41, 5.74) is 2.82. The van der Waals surface area contributed by atoms with E-state index >= 15 is 0 Å². The SMILES string of the molecule is O=C1c2ccccc2-c2[nH]c(=O)c3c(c21)=CC=CI=3. The molecular formula is C15H8INO2. The van der Waals surface area contributed by atoms with Gasteiger partial charge < -0.3 is 4.98 Å². The van der Waals surface area contributed by atoms with Crippen molar-refractivity contribution in [2.45, 2.75) is 0 Å². The van der Waals surface area contributed by atoms with Crippen molar-refractivity contribution < 1.29 is 4.79 Å². The first kappa shape index (κ1) is 11.0. The van der Waals surface area contributed by atoms with Crippen LogP contribution >= 0.6 is 20.7 Å². The zero-order valence-electron chi connectivity index (χ0n) is 9.74. The molecule has 4 rings (SSSR count). The fourth-order valence-corrected chi connectivity index (χ4v) is 4.54. The zero-order valence-corrected chi connectivity index (χ0v) is 11.9. The smallest absolute Gasteiger partial charge is 0.262 e. The summed E-state index contributed by atoms with van der Waals surface area (Å²) in [4.78, 5) is 27.6. The van der Waals surface area contributed by atoms with Gasteiger partial charge in [-0.3, -0.25) is 9.59 Å². The second kappa shape index (κ2) is 3.84. The van der Waals surface area contributed by atoms with Gasteiger partial charge in [0.05, 0.1) is 14.4 Å². The Bertz CT molecular complexity index is 951. The third-order valence-corrected chi connectivity index (χ3v) is 5.84. The number of fused-ring (bicyclic) bond motifs is 5. The summed E-state index contributed by atoms with van der Waals surface area (Å²) in [6.07, 6.45) is 3.84. The van der Waals surface area contributed by atoms with Gasteiger partial charge in [0, 0.05) is 16.3 Å². The zero-order chi connectivity index (χ0) is 13.0. The molecule has 0 radical (unpaired) electrons. The highest BCUT2D eigenvalue weighted by atomic mass is 127. The lowest BCUT2D eigenvalue weighted by Gasteiger charge is -2.02. The van der Waals surface area contributed by atoms with E-state index in [2.05, 4.69) is 4.98 Å². The van der Waals surface area contributed by atoms with Crippen molar-refractivity contribution >= 4 is 32.6 Å². The van der Waals surface area contributed by atoms with Gasteiger partial charge in [-0.2, -0.15) is 0 Å². The number of ketones is 1. The van der Waals surface area contributed by atoms with Gasteiger partial charge in [0.15, 0.2) is 5.78 Å². The first-order valence-corrected chi connectivity index (χ1v) is 8.17. The van der Waals surface area contributed by atoms with E-state index in [1.165, 1.54) is 0 Å². The number of benzene rings is 1. The van der Waals surface area contributed by atoms with Crippen molar-refractivity contribution in [2.24, 2.45) is 0 Å². The van der Waals surface area contributed by atoms with Crippen molar-refractivity contribution in [1.29, 1.82) is 0 Å². The molecule has 1 aromatic heterocycles. The molecule has 0 spiro atoms. The highest BCUT2D eigenvalue weighted by molar-refractivity contribution is 14.2. The summed E-state index contributed by atoms with van der Waals surface area (Å²) in [7, 11) is 0. The Balaban J connectivity index is 2.26. The number of nitrogens with one attached hydrogen (secondary N) is 1. The molecule has 3 nitrogen and oxygen atoms in total. The minimum absolute atomic E-state index is 0.0219. The molecule has 1 aliphatic heterocycles. The van der Waals surface area contributed by atoms with Crippen molar-refractivity contribution in [2.75, 3.05) is 0 Å². The lowest BCUT2D eigenvalue weighted by atomic mass is 10.1. The predicted molar refractivity (Wildman–Crippen MR) is 82.0 cm³/mol. The number of halogens is 1. The Morgan fingerprint density at radius 2 is 1.84 bits per heavy atom. The molecule has 1 aromatic carbocycles. The summed E-state index contributed by atoms with van der Waals surface area (Å²) in [5, 5.41) is 0.829. The summed E-state index contributed by atoms with van der Waals surface area (Å²) >= 11 is -0.439. The van der Waals surface area contributed by atoms with Gasteiger partial charge in [-0.1, -0.05) is 57.1 Å². The van der Waals surface area contributed by atoms with Gasteiger partial charge in [0.1, 0.15) is 0 Å². The number of H-pyrrole nitrogens is 1. The molecule has 2 heterocycles. The Labute approximate surface area is 118 Å². The van der Waals surface area contributed by atoms with Crippen LogP contribution in [0, 0.1) is 3.15 Å². The van der Waals surface area contributed by atoms with Crippen molar-refractivity contribution in [3.05, 3.63) is 64.3 Å². The minimum Gasteiger partial charge on any atom is -0.320 e. The molecule has 2 aromatic rings. The molecule has 0 atom stereocenters. The Morgan fingerprint density at radius 1 is 1.05 bits per heavy atom. The van der Waals surface area contributed by atoms with Gasteiger partial charge in [0.2, 0.25) is 0 Å². The number of pyridine rings is 1. The topological polar surface area (TPSA) is 49.9 Å².